The second kappa shape index (κ2) is 8.16. The standard InChI is InChI=1S/C16H29ClN4/c1-4-14-16(17)15(21(5-2)19-14)12-18-9-6-13-7-10-20(3)11-8-13/h13,18H,4-12H2,1-3H3. The van der Waals surface area contributed by atoms with Crippen molar-refractivity contribution < 1.29 is 0 Å². The SMILES string of the molecule is CCc1nn(CC)c(CNCCC2CCN(C)CC2)c1Cl. The summed E-state index contributed by atoms with van der Waals surface area (Å²) in [5, 5.41) is 8.97. The van der Waals surface area contributed by atoms with Crippen LogP contribution in [0, 0.1) is 5.92 Å². The van der Waals surface area contributed by atoms with Gasteiger partial charge in [0.25, 0.3) is 0 Å². The van der Waals surface area contributed by atoms with Crippen LogP contribution < -0.4 is 5.32 Å². The largest absolute Gasteiger partial charge is 0.311 e. The van der Waals surface area contributed by atoms with Crippen molar-refractivity contribution in [2.24, 2.45) is 5.92 Å². The Labute approximate surface area is 133 Å². The van der Waals surface area contributed by atoms with Gasteiger partial charge in [0.1, 0.15) is 0 Å². The molecule has 0 aromatic carbocycles. The monoisotopic (exact) mass is 312 g/mol. The molecule has 5 heteroatoms. The molecule has 0 saturated carbocycles. The molecule has 2 heterocycles. The zero-order valence-corrected chi connectivity index (χ0v) is 14.4. The number of piperidine rings is 1. The lowest BCUT2D eigenvalue weighted by atomic mass is 9.94. The van der Waals surface area contributed by atoms with Crippen molar-refractivity contribution >= 4 is 11.6 Å². The lowest BCUT2D eigenvalue weighted by molar-refractivity contribution is 0.211. The molecule has 1 saturated heterocycles. The summed E-state index contributed by atoms with van der Waals surface area (Å²) in [7, 11) is 2.22. The van der Waals surface area contributed by atoms with Crippen LogP contribution in [-0.2, 0) is 19.5 Å². The minimum Gasteiger partial charge on any atom is -0.311 e. The molecule has 1 aliphatic rings. The van der Waals surface area contributed by atoms with Crippen molar-refractivity contribution in [1.29, 1.82) is 0 Å². The van der Waals surface area contributed by atoms with E-state index in [1.54, 1.807) is 0 Å². The quantitative estimate of drug-likeness (QED) is 0.786. The highest BCUT2D eigenvalue weighted by molar-refractivity contribution is 6.31. The van der Waals surface area contributed by atoms with Crippen LogP contribution in [-0.4, -0.2) is 41.4 Å². The van der Waals surface area contributed by atoms with Crippen LogP contribution in [0.4, 0.5) is 0 Å². The van der Waals surface area contributed by atoms with Gasteiger partial charge in [0.2, 0.25) is 0 Å². The van der Waals surface area contributed by atoms with Crippen LogP contribution in [0.1, 0.15) is 44.5 Å². The van der Waals surface area contributed by atoms with E-state index in [0.29, 0.717) is 0 Å². The molecule has 1 N–H and O–H groups in total. The third-order valence-corrected chi connectivity index (χ3v) is 4.99. The van der Waals surface area contributed by atoms with Crippen LogP contribution in [0.3, 0.4) is 0 Å². The third kappa shape index (κ3) is 4.44. The first-order valence-electron chi connectivity index (χ1n) is 8.29. The average Bonchev–Trinajstić information content (AvgIpc) is 2.81. The maximum atomic E-state index is 6.42. The Balaban J connectivity index is 1.77. The number of nitrogens with one attached hydrogen (secondary N) is 1. The van der Waals surface area contributed by atoms with Crippen molar-refractivity contribution in [3.05, 3.63) is 16.4 Å². The van der Waals surface area contributed by atoms with E-state index in [1.807, 2.05) is 4.68 Å². The van der Waals surface area contributed by atoms with Crippen molar-refractivity contribution in [3.63, 3.8) is 0 Å². The van der Waals surface area contributed by atoms with E-state index < -0.39 is 0 Å². The van der Waals surface area contributed by atoms with Gasteiger partial charge >= 0.3 is 0 Å². The van der Waals surface area contributed by atoms with Gasteiger partial charge in [0.15, 0.2) is 0 Å². The number of aryl methyl sites for hydroxylation is 2. The smallest absolute Gasteiger partial charge is 0.0863 e. The van der Waals surface area contributed by atoms with E-state index >= 15 is 0 Å². The van der Waals surface area contributed by atoms with Gasteiger partial charge in [-0.3, -0.25) is 4.68 Å². The first kappa shape index (κ1) is 16.8. The Morgan fingerprint density at radius 1 is 1.29 bits per heavy atom. The number of hydrogen-bond acceptors (Lipinski definition) is 3. The number of aromatic nitrogens is 2. The molecule has 0 aliphatic carbocycles. The molecule has 1 fully saturated rings. The van der Waals surface area contributed by atoms with Gasteiger partial charge in [-0.05, 0) is 65.2 Å². The number of nitrogens with zero attached hydrogens (tertiary/aromatic N) is 3. The van der Waals surface area contributed by atoms with Gasteiger partial charge in [-0.1, -0.05) is 18.5 Å². The van der Waals surface area contributed by atoms with Crippen molar-refractivity contribution in [1.82, 2.24) is 20.0 Å². The molecule has 4 nitrogen and oxygen atoms in total. The average molecular weight is 313 g/mol. The normalized spacial score (nSPS) is 17.5. The predicted octanol–water partition coefficient (Wildman–Crippen LogP) is 2.94. The van der Waals surface area contributed by atoms with E-state index in [-0.39, 0.29) is 0 Å². The first-order valence-corrected chi connectivity index (χ1v) is 8.66. The maximum Gasteiger partial charge on any atom is 0.0863 e. The van der Waals surface area contributed by atoms with Crippen LogP contribution in [0.25, 0.3) is 0 Å². The third-order valence-electron chi connectivity index (χ3n) is 4.55. The van der Waals surface area contributed by atoms with Crippen molar-refractivity contribution in [3.8, 4) is 0 Å². The number of likely N-dealkylation sites (tertiary alicyclic amines) is 1. The van der Waals surface area contributed by atoms with E-state index in [0.717, 1.165) is 48.4 Å². The first-order chi connectivity index (χ1) is 10.2. The molecular formula is C16H29ClN4. The summed E-state index contributed by atoms with van der Waals surface area (Å²) in [6.45, 7) is 9.49. The molecule has 1 aromatic rings. The minimum atomic E-state index is 0.826. The molecule has 2 rings (SSSR count). The molecule has 0 atom stereocenters. The molecule has 120 valence electrons. The Hall–Kier alpha value is -0.580. The van der Waals surface area contributed by atoms with Gasteiger partial charge in [0.05, 0.1) is 16.4 Å². The van der Waals surface area contributed by atoms with E-state index in [1.165, 1.54) is 32.4 Å². The zero-order chi connectivity index (χ0) is 15.2. The topological polar surface area (TPSA) is 33.1 Å². The Bertz CT molecular complexity index is 436. The fourth-order valence-corrected chi connectivity index (χ4v) is 3.39. The van der Waals surface area contributed by atoms with E-state index in [4.69, 9.17) is 11.6 Å². The number of halogens is 1. The van der Waals surface area contributed by atoms with Crippen LogP contribution in [0.15, 0.2) is 0 Å². The van der Waals surface area contributed by atoms with Gasteiger partial charge in [0, 0.05) is 13.1 Å². The Kier molecular flexibility index (Phi) is 6.52. The molecule has 0 radical (unpaired) electrons. The second-order valence-electron chi connectivity index (χ2n) is 6.09. The lowest BCUT2D eigenvalue weighted by Crippen LogP contribution is -2.31. The van der Waals surface area contributed by atoms with Gasteiger partial charge in [-0.2, -0.15) is 5.10 Å². The second-order valence-corrected chi connectivity index (χ2v) is 6.47. The maximum absolute atomic E-state index is 6.42. The summed E-state index contributed by atoms with van der Waals surface area (Å²) in [6.07, 6.45) is 4.85. The van der Waals surface area contributed by atoms with E-state index in [9.17, 15) is 0 Å². The molecule has 0 amide bonds. The molecule has 0 bridgehead atoms. The van der Waals surface area contributed by atoms with Crippen molar-refractivity contribution in [2.45, 2.75) is 52.6 Å². The molecule has 0 unspecified atom stereocenters. The molecule has 1 aromatic heterocycles. The highest BCUT2D eigenvalue weighted by Crippen LogP contribution is 2.22. The number of hydrogen-bond donors (Lipinski definition) is 1. The summed E-state index contributed by atoms with van der Waals surface area (Å²) >= 11 is 6.42. The van der Waals surface area contributed by atoms with Crippen LogP contribution >= 0.6 is 11.6 Å². The molecular weight excluding hydrogens is 284 g/mol. The predicted molar refractivity (Wildman–Crippen MR) is 88.8 cm³/mol. The van der Waals surface area contributed by atoms with Gasteiger partial charge < -0.3 is 10.2 Å². The number of rotatable bonds is 7. The fourth-order valence-electron chi connectivity index (χ4n) is 3.05. The van der Waals surface area contributed by atoms with Crippen molar-refractivity contribution in [2.75, 3.05) is 26.7 Å². The Morgan fingerprint density at radius 2 is 2.00 bits per heavy atom. The summed E-state index contributed by atoms with van der Waals surface area (Å²) in [4.78, 5) is 2.43. The van der Waals surface area contributed by atoms with Crippen LogP contribution in [0.2, 0.25) is 5.02 Å². The summed E-state index contributed by atoms with van der Waals surface area (Å²) < 4.78 is 2.03. The highest BCUT2D eigenvalue weighted by Gasteiger charge is 2.17. The molecule has 1 aliphatic heterocycles. The molecule has 21 heavy (non-hydrogen) atoms. The van der Waals surface area contributed by atoms with Gasteiger partial charge in [-0.15, -0.1) is 0 Å². The lowest BCUT2D eigenvalue weighted by Gasteiger charge is -2.28. The summed E-state index contributed by atoms with van der Waals surface area (Å²) in [6, 6.07) is 0. The fraction of sp³-hybridized carbons (Fsp3) is 0.812. The van der Waals surface area contributed by atoms with E-state index in [2.05, 4.69) is 36.2 Å². The summed E-state index contributed by atoms with van der Waals surface area (Å²) in [5.74, 6) is 0.881. The van der Waals surface area contributed by atoms with Crippen LogP contribution in [0.5, 0.6) is 0 Å². The Morgan fingerprint density at radius 3 is 2.62 bits per heavy atom. The molecule has 0 spiro atoms. The van der Waals surface area contributed by atoms with Gasteiger partial charge in [-0.25, -0.2) is 0 Å². The zero-order valence-electron chi connectivity index (χ0n) is 13.7. The minimum absolute atomic E-state index is 0.826. The highest BCUT2D eigenvalue weighted by atomic mass is 35.5. The summed E-state index contributed by atoms with van der Waals surface area (Å²) in [5.41, 5.74) is 2.16.